The molecule has 0 unspecified atom stereocenters. The Morgan fingerprint density at radius 3 is 2.41 bits per heavy atom. The highest BCUT2D eigenvalue weighted by Crippen LogP contribution is 2.35. The summed E-state index contributed by atoms with van der Waals surface area (Å²) in [7, 11) is 1.59. The molecule has 5 aromatic rings. The van der Waals surface area contributed by atoms with Crippen molar-refractivity contribution in [3.8, 4) is 28.6 Å². The third-order valence-electron chi connectivity index (χ3n) is 7.18. The van der Waals surface area contributed by atoms with Crippen LogP contribution in [-0.4, -0.2) is 29.6 Å². The van der Waals surface area contributed by atoms with Gasteiger partial charge in [-0.05, 0) is 101 Å². The molecule has 1 aromatic heterocycles. The molecular formula is C35H33Br2N3O4. The molecule has 0 aliphatic carbocycles. The fourth-order valence-electron chi connectivity index (χ4n) is 4.86. The number of methoxy groups -OCH3 is 1. The van der Waals surface area contributed by atoms with Crippen molar-refractivity contribution in [2.24, 2.45) is 5.10 Å². The lowest BCUT2D eigenvalue weighted by Gasteiger charge is -2.18. The molecule has 0 saturated carbocycles. The highest BCUT2D eigenvalue weighted by molar-refractivity contribution is 9.10. The van der Waals surface area contributed by atoms with Gasteiger partial charge in [0.2, 0.25) is 0 Å². The van der Waals surface area contributed by atoms with E-state index in [9.17, 15) is 4.79 Å². The van der Waals surface area contributed by atoms with Crippen molar-refractivity contribution >= 4 is 49.0 Å². The molecule has 0 atom stereocenters. The quantitative estimate of drug-likeness (QED) is 0.135. The fraction of sp³-hybridized carbons (Fsp3) is 0.229. The molecule has 0 aliphatic heterocycles. The lowest BCUT2D eigenvalue weighted by molar-refractivity contribution is 0.284. The largest absolute Gasteiger partial charge is 0.494 e. The van der Waals surface area contributed by atoms with E-state index < -0.39 is 0 Å². The van der Waals surface area contributed by atoms with Gasteiger partial charge in [0.25, 0.3) is 5.56 Å². The predicted octanol–water partition coefficient (Wildman–Crippen LogP) is 8.89. The Morgan fingerprint density at radius 2 is 1.70 bits per heavy atom. The maximum Gasteiger partial charge on any atom is 0.282 e. The van der Waals surface area contributed by atoms with Crippen molar-refractivity contribution < 1.29 is 14.2 Å². The normalized spacial score (nSPS) is 11.5. The van der Waals surface area contributed by atoms with Gasteiger partial charge >= 0.3 is 0 Å². The van der Waals surface area contributed by atoms with Crippen molar-refractivity contribution in [1.29, 1.82) is 0 Å². The Balaban J connectivity index is 1.58. The van der Waals surface area contributed by atoms with E-state index in [-0.39, 0.29) is 11.5 Å². The van der Waals surface area contributed by atoms with Crippen LogP contribution in [0.5, 0.6) is 17.2 Å². The second kappa shape index (κ2) is 13.8. The van der Waals surface area contributed by atoms with E-state index in [0.717, 1.165) is 36.9 Å². The number of rotatable bonds is 10. The first kappa shape index (κ1) is 31.5. The van der Waals surface area contributed by atoms with Crippen LogP contribution in [-0.2, 0) is 6.61 Å². The highest BCUT2D eigenvalue weighted by atomic mass is 79.9. The number of nitrogens with zero attached hydrogens (tertiary/aromatic N) is 3. The van der Waals surface area contributed by atoms with Crippen molar-refractivity contribution in [1.82, 2.24) is 9.66 Å². The number of ether oxygens (including phenoxy) is 3. The Hall–Kier alpha value is -3.95. The molecule has 4 aromatic carbocycles. The van der Waals surface area contributed by atoms with Gasteiger partial charge in [0.1, 0.15) is 12.4 Å². The molecule has 0 bridgehead atoms. The number of aromatic nitrogens is 2. The molecule has 0 radical (unpaired) electrons. The molecular weight excluding hydrogens is 686 g/mol. The van der Waals surface area contributed by atoms with E-state index in [2.05, 4.69) is 51.8 Å². The highest BCUT2D eigenvalue weighted by Gasteiger charge is 2.19. The number of hydrogen-bond acceptors (Lipinski definition) is 6. The van der Waals surface area contributed by atoms with Crippen LogP contribution in [0.2, 0.25) is 0 Å². The van der Waals surface area contributed by atoms with E-state index in [4.69, 9.17) is 24.3 Å². The first-order valence-corrected chi connectivity index (χ1v) is 15.9. The molecule has 7 nitrogen and oxygen atoms in total. The van der Waals surface area contributed by atoms with Crippen molar-refractivity contribution in [3.63, 3.8) is 0 Å². The van der Waals surface area contributed by atoms with Crippen LogP contribution in [0.15, 0.2) is 91.6 Å². The van der Waals surface area contributed by atoms with Crippen LogP contribution in [0.3, 0.4) is 0 Å². The van der Waals surface area contributed by atoms with Gasteiger partial charge in [0.15, 0.2) is 17.3 Å². The molecule has 0 saturated heterocycles. The average Bonchev–Trinajstić information content (AvgIpc) is 3.01. The van der Waals surface area contributed by atoms with E-state index in [1.54, 1.807) is 19.4 Å². The van der Waals surface area contributed by atoms with Gasteiger partial charge in [0, 0.05) is 20.1 Å². The summed E-state index contributed by atoms with van der Waals surface area (Å²) >= 11 is 7.11. The second-order valence-corrected chi connectivity index (χ2v) is 12.3. The van der Waals surface area contributed by atoms with Crippen LogP contribution >= 0.6 is 31.9 Å². The zero-order valence-corrected chi connectivity index (χ0v) is 28.4. The van der Waals surface area contributed by atoms with Gasteiger partial charge < -0.3 is 14.2 Å². The number of aryl methyl sites for hydroxylation is 1. The van der Waals surface area contributed by atoms with Crippen molar-refractivity contribution in [3.05, 3.63) is 114 Å². The zero-order chi connectivity index (χ0) is 31.4. The minimum absolute atomic E-state index is 0.202. The Bertz CT molecular complexity index is 1900. The van der Waals surface area contributed by atoms with Crippen LogP contribution in [0, 0.1) is 6.92 Å². The van der Waals surface area contributed by atoms with Gasteiger partial charge in [0.05, 0.1) is 30.8 Å². The Morgan fingerprint density at radius 1 is 0.955 bits per heavy atom. The van der Waals surface area contributed by atoms with E-state index in [1.807, 2.05) is 74.5 Å². The number of para-hydroxylation sites is 1. The molecule has 0 spiro atoms. The average molecular weight is 719 g/mol. The summed E-state index contributed by atoms with van der Waals surface area (Å²) in [6, 6.07) is 23.0. The number of hydrogen-bond donors (Lipinski definition) is 0. The number of benzene rings is 4. The van der Waals surface area contributed by atoms with Crippen LogP contribution in [0.4, 0.5) is 0 Å². The van der Waals surface area contributed by atoms with Gasteiger partial charge in [-0.1, -0.05) is 54.0 Å². The summed E-state index contributed by atoms with van der Waals surface area (Å²) in [4.78, 5) is 18.8. The minimum atomic E-state index is -0.265. The zero-order valence-electron chi connectivity index (χ0n) is 25.2. The molecule has 44 heavy (non-hydrogen) atoms. The molecule has 5 rings (SSSR count). The first-order valence-electron chi connectivity index (χ1n) is 14.3. The van der Waals surface area contributed by atoms with Gasteiger partial charge in [-0.3, -0.25) is 4.79 Å². The summed E-state index contributed by atoms with van der Waals surface area (Å²) in [6.45, 7) is 9.14. The van der Waals surface area contributed by atoms with Gasteiger partial charge in [-0.25, -0.2) is 4.98 Å². The third kappa shape index (κ3) is 6.74. The second-order valence-electron chi connectivity index (χ2n) is 10.5. The van der Waals surface area contributed by atoms with Gasteiger partial charge in [-0.15, -0.1) is 0 Å². The summed E-state index contributed by atoms with van der Waals surface area (Å²) in [5.41, 5.74) is 4.85. The van der Waals surface area contributed by atoms with Crippen LogP contribution in [0.1, 0.15) is 48.9 Å². The maximum atomic E-state index is 13.9. The molecule has 0 fully saturated rings. The topological polar surface area (TPSA) is 74.9 Å². The minimum Gasteiger partial charge on any atom is -0.494 e. The fourth-order valence-corrected chi connectivity index (χ4v) is 5.55. The van der Waals surface area contributed by atoms with E-state index in [0.29, 0.717) is 47.0 Å². The summed E-state index contributed by atoms with van der Waals surface area (Å²) in [5, 5.41) is 5.18. The summed E-state index contributed by atoms with van der Waals surface area (Å²) in [5.74, 6) is 2.61. The van der Waals surface area contributed by atoms with Crippen LogP contribution < -0.4 is 19.8 Å². The Labute approximate surface area is 273 Å². The smallest absolute Gasteiger partial charge is 0.282 e. The molecule has 1 heterocycles. The first-order chi connectivity index (χ1) is 21.2. The van der Waals surface area contributed by atoms with Crippen LogP contribution in [0.25, 0.3) is 22.3 Å². The van der Waals surface area contributed by atoms with E-state index >= 15 is 0 Å². The number of halogens is 2. The van der Waals surface area contributed by atoms with Crippen molar-refractivity contribution in [2.45, 2.75) is 40.2 Å². The standard InChI is InChI=1S/C35H33Br2N3O4/c1-6-43-31-15-22(4)28(17-27(31)21(2)3)34-39-30-10-8-7-9-26(30)35(41)40(34)38-19-24-16-32(42-5)33(18-29(24)37)44-20-23-11-13-25(36)14-12-23/h7-19,21H,6,20H2,1-5H3. The van der Waals surface area contributed by atoms with E-state index in [1.165, 1.54) is 4.68 Å². The summed E-state index contributed by atoms with van der Waals surface area (Å²) < 4.78 is 20.8. The van der Waals surface area contributed by atoms with Gasteiger partial charge in [-0.2, -0.15) is 9.78 Å². The maximum absolute atomic E-state index is 13.9. The molecule has 0 amide bonds. The lowest BCUT2D eigenvalue weighted by Crippen LogP contribution is -2.21. The lowest BCUT2D eigenvalue weighted by atomic mass is 9.96. The molecule has 226 valence electrons. The third-order valence-corrected chi connectivity index (χ3v) is 8.39. The monoisotopic (exact) mass is 717 g/mol. The Kier molecular flexibility index (Phi) is 9.86. The van der Waals surface area contributed by atoms with Crippen molar-refractivity contribution in [2.75, 3.05) is 13.7 Å². The SMILES string of the molecule is CCOc1cc(C)c(-c2nc3ccccc3c(=O)n2N=Cc2cc(OC)c(OCc3ccc(Br)cc3)cc2Br)cc1C(C)C. The molecule has 0 N–H and O–H groups in total. The number of fused-ring (bicyclic) bond motifs is 1. The molecule has 9 heteroatoms. The molecule has 0 aliphatic rings. The summed E-state index contributed by atoms with van der Waals surface area (Å²) in [6.07, 6.45) is 1.62. The predicted molar refractivity (Wildman–Crippen MR) is 184 cm³/mol.